The Kier molecular flexibility index (Phi) is 8.80. The summed E-state index contributed by atoms with van der Waals surface area (Å²) < 4.78 is 99.9. The summed E-state index contributed by atoms with van der Waals surface area (Å²) in [4.78, 5) is 12.6. The third-order valence-electron chi connectivity index (χ3n) is 8.25. The number of sulfone groups is 1. The first-order chi connectivity index (χ1) is 23.6. The molecule has 1 aliphatic rings. The van der Waals surface area contributed by atoms with Crippen LogP contribution in [0, 0.1) is 0 Å². The van der Waals surface area contributed by atoms with Gasteiger partial charge >= 0.3 is 0 Å². The van der Waals surface area contributed by atoms with E-state index >= 15 is 0 Å². The minimum absolute atomic E-state index is 0.0238. The Morgan fingerprint density at radius 3 is 1.90 bits per heavy atom. The van der Waals surface area contributed by atoms with Gasteiger partial charge in [0.05, 0.1) is 14.7 Å². The van der Waals surface area contributed by atoms with Crippen LogP contribution in [0.15, 0.2) is 135 Å². The van der Waals surface area contributed by atoms with Crippen LogP contribution < -0.4 is 10.5 Å². The molecule has 0 bridgehead atoms. The molecule has 1 aliphatic heterocycles. The number of carbonyl (C=O) groups is 1. The van der Waals surface area contributed by atoms with Gasteiger partial charge in [0.1, 0.15) is 27.7 Å². The third kappa shape index (κ3) is 6.01. The zero-order chi connectivity index (χ0) is 36.1. The van der Waals surface area contributed by atoms with Gasteiger partial charge in [-0.3, -0.25) is 13.9 Å². The maximum Gasteiger partial charge on any atom is 0.298 e. The highest BCUT2D eigenvalue weighted by atomic mass is 32.2. The highest BCUT2D eigenvalue weighted by Gasteiger charge is 2.51. The second-order valence-electron chi connectivity index (χ2n) is 11.2. The fourth-order valence-electron chi connectivity index (χ4n) is 6.09. The first-order valence-corrected chi connectivity index (χ1v) is 19.1. The molecule has 0 aromatic heterocycles. The highest BCUT2D eigenvalue weighted by molar-refractivity contribution is 7.91. The van der Waals surface area contributed by atoms with Gasteiger partial charge in [0, 0.05) is 18.7 Å². The van der Waals surface area contributed by atoms with E-state index in [1.54, 1.807) is 47.4 Å². The molecule has 6 rings (SSSR count). The number of fused-ring (bicyclic) bond motifs is 1. The molecular weight excluding hydrogens is 709 g/mol. The van der Waals surface area contributed by atoms with Crippen LogP contribution in [0.2, 0.25) is 0 Å². The van der Waals surface area contributed by atoms with Crippen LogP contribution in [-0.4, -0.2) is 63.4 Å². The Balaban J connectivity index is 1.42. The van der Waals surface area contributed by atoms with Crippen LogP contribution >= 0.6 is 0 Å². The number of amides is 1. The van der Waals surface area contributed by atoms with Crippen molar-refractivity contribution < 1.29 is 49.0 Å². The van der Waals surface area contributed by atoms with Gasteiger partial charge in [-0.1, -0.05) is 48.5 Å². The van der Waals surface area contributed by atoms with Crippen LogP contribution in [0.4, 0.5) is 0 Å². The van der Waals surface area contributed by atoms with E-state index in [-0.39, 0.29) is 30.5 Å². The zero-order valence-electron chi connectivity index (χ0n) is 25.7. The summed E-state index contributed by atoms with van der Waals surface area (Å²) in [5.74, 6) is -0.572. The molecule has 1 heterocycles. The summed E-state index contributed by atoms with van der Waals surface area (Å²) in [6.07, 6.45) is 0. The van der Waals surface area contributed by atoms with Crippen molar-refractivity contribution in [2.75, 3.05) is 13.1 Å². The average Bonchev–Trinajstić information content (AvgIpc) is 3.33. The van der Waals surface area contributed by atoms with E-state index < -0.39 is 60.9 Å². The van der Waals surface area contributed by atoms with Crippen LogP contribution in [-0.2, 0) is 35.6 Å². The maximum absolute atomic E-state index is 13.7. The number of hydrogen-bond acceptors (Lipinski definition) is 10. The second-order valence-corrected chi connectivity index (χ2v) is 16.0. The fraction of sp³-hybridized carbons (Fsp3) is 0.0882. The number of nitrogens with two attached hydrogens (primary N) is 1. The molecule has 5 aromatic rings. The van der Waals surface area contributed by atoms with Crippen molar-refractivity contribution in [1.82, 2.24) is 4.90 Å². The van der Waals surface area contributed by atoms with Gasteiger partial charge in [0.2, 0.25) is 9.84 Å². The molecule has 0 radical (unpaired) electrons. The van der Waals surface area contributed by atoms with Crippen molar-refractivity contribution >= 4 is 36.0 Å². The topological polar surface area (TPSA) is 219 Å². The third-order valence-corrected chi connectivity index (χ3v) is 11.7. The van der Waals surface area contributed by atoms with Crippen molar-refractivity contribution in [1.29, 1.82) is 0 Å². The first kappa shape index (κ1) is 34.8. The minimum atomic E-state index is -5.08. The van der Waals surface area contributed by atoms with Crippen LogP contribution in [0.1, 0.15) is 27.0 Å². The first-order valence-electron chi connectivity index (χ1n) is 14.7. The van der Waals surface area contributed by atoms with Crippen LogP contribution in [0.5, 0.6) is 17.2 Å². The van der Waals surface area contributed by atoms with E-state index in [1.165, 1.54) is 24.3 Å². The van der Waals surface area contributed by atoms with E-state index in [0.29, 0.717) is 34.4 Å². The van der Waals surface area contributed by atoms with Gasteiger partial charge in [0.15, 0.2) is 0 Å². The Labute approximate surface area is 287 Å². The minimum Gasteiger partial charge on any atom is -0.508 e. The number of phenolic OH excluding ortho intramolecular Hbond substituents is 1. The number of aromatic hydroxyl groups is 1. The van der Waals surface area contributed by atoms with Gasteiger partial charge in [-0.2, -0.15) is 16.8 Å². The monoisotopic (exact) mass is 736 g/mol. The largest absolute Gasteiger partial charge is 0.508 e. The fourth-order valence-corrected chi connectivity index (χ4v) is 8.74. The Hall–Kier alpha value is -5.10. The van der Waals surface area contributed by atoms with Crippen LogP contribution in [0.25, 0.3) is 0 Å². The molecule has 50 heavy (non-hydrogen) atoms. The van der Waals surface area contributed by atoms with Crippen molar-refractivity contribution in [3.63, 3.8) is 0 Å². The van der Waals surface area contributed by atoms with Crippen molar-refractivity contribution in [3.05, 3.63) is 138 Å². The number of benzene rings is 5. The number of nitrogens with zero attached hydrogens (tertiary/aromatic N) is 1. The summed E-state index contributed by atoms with van der Waals surface area (Å²) in [5, 5.41) is 10.0. The van der Waals surface area contributed by atoms with Gasteiger partial charge in [-0.05, 0) is 83.4 Å². The summed E-state index contributed by atoms with van der Waals surface area (Å²) in [5.41, 5.74) is 7.18. The highest BCUT2D eigenvalue weighted by Crippen LogP contribution is 2.49. The van der Waals surface area contributed by atoms with Gasteiger partial charge in [-0.15, -0.1) is 0 Å². The van der Waals surface area contributed by atoms with Crippen molar-refractivity contribution in [2.45, 2.75) is 25.1 Å². The molecule has 13 nitrogen and oxygen atoms in total. The van der Waals surface area contributed by atoms with E-state index in [0.717, 1.165) is 30.3 Å². The van der Waals surface area contributed by atoms with Gasteiger partial charge in [-0.25, -0.2) is 8.42 Å². The number of rotatable bonds is 10. The SMILES string of the molecule is NCCN1C(=O)c2ccccc2C1(c1ccc(O)cc1)c1ccc(Oc2ccc(S(=O)(=O)c3cccc(S(=O)(=O)O)c3)cc2S(=O)(=O)O)cc1. The summed E-state index contributed by atoms with van der Waals surface area (Å²) in [6, 6.07) is 26.4. The standard InChI is InChI=1S/C34H28N2O11S3/c35-18-19-36-33(38)29-6-1-2-7-30(29)34(36,22-8-12-24(37)13-9-22)23-10-14-25(15-11-23)47-31-17-16-27(21-32(31)50(44,45)46)48(39,40)26-4-3-5-28(20-26)49(41,42)43/h1-17,20-21,37H,18-19,35H2,(H,41,42,43)(H,44,45,46). The number of phenols is 1. The van der Waals surface area contributed by atoms with Crippen molar-refractivity contribution in [2.24, 2.45) is 5.73 Å². The lowest BCUT2D eigenvalue weighted by molar-refractivity contribution is 0.0684. The van der Waals surface area contributed by atoms with Crippen LogP contribution in [0.3, 0.4) is 0 Å². The van der Waals surface area contributed by atoms with E-state index in [1.807, 2.05) is 6.07 Å². The maximum atomic E-state index is 13.7. The van der Waals surface area contributed by atoms with Gasteiger partial charge in [0.25, 0.3) is 26.1 Å². The quantitative estimate of drug-likeness (QED) is 0.148. The Morgan fingerprint density at radius 2 is 1.28 bits per heavy atom. The average molecular weight is 737 g/mol. The summed E-state index contributed by atoms with van der Waals surface area (Å²) in [6.45, 7) is 0.330. The van der Waals surface area contributed by atoms with E-state index in [9.17, 15) is 44.3 Å². The molecule has 0 fully saturated rings. The van der Waals surface area contributed by atoms with E-state index in [2.05, 4.69) is 0 Å². The number of ether oxygens (including phenoxy) is 1. The number of carbonyl (C=O) groups excluding carboxylic acids is 1. The molecule has 1 atom stereocenters. The smallest absolute Gasteiger partial charge is 0.298 e. The predicted molar refractivity (Wildman–Crippen MR) is 179 cm³/mol. The summed E-state index contributed by atoms with van der Waals surface area (Å²) >= 11 is 0. The summed E-state index contributed by atoms with van der Waals surface area (Å²) in [7, 11) is -14.4. The lowest BCUT2D eigenvalue weighted by atomic mass is 9.77. The molecule has 1 unspecified atom stereocenters. The predicted octanol–water partition coefficient (Wildman–Crippen LogP) is 4.22. The number of hydrogen-bond donors (Lipinski definition) is 4. The lowest BCUT2D eigenvalue weighted by Crippen LogP contribution is -2.47. The molecule has 0 saturated heterocycles. The lowest BCUT2D eigenvalue weighted by Gasteiger charge is -2.40. The molecule has 1 amide bonds. The molecule has 0 spiro atoms. The Bertz CT molecular complexity index is 2470. The molecular formula is C34H28N2O11S3. The van der Waals surface area contributed by atoms with E-state index in [4.69, 9.17) is 10.5 Å². The molecule has 5 aromatic carbocycles. The molecule has 5 N–H and O–H groups in total. The van der Waals surface area contributed by atoms with Gasteiger partial charge < -0.3 is 20.5 Å². The normalized spacial score (nSPS) is 16.3. The second kappa shape index (κ2) is 12.7. The zero-order valence-corrected chi connectivity index (χ0v) is 28.2. The molecule has 16 heteroatoms. The van der Waals surface area contributed by atoms with Crippen molar-refractivity contribution in [3.8, 4) is 17.2 Å². The molecule has 0 aliphatic carbocycles. The Morgan fingerprint density at radius 1 is 0.680 bits per heavy atom. The molecule has 0 saturated carbocycles. The molecule has 258 valence electrons.